The summed E-state index contributed by atoms with van der Waals surface area (Å²) in [6, 6.07) is 4.77. The van der Waals surface area contributed by atoms with Gasteiger partial charge < -0.3 is 31.7 Å². The van der Waals surface area contributed by atoms with Gasteiger partial charge in [-0.2, -0.15) is 0 Å². The average Bonchev–Trinajstić information content (AvgIpc) is 3.51. The van der Waals surface area contributed by atoms with Crippen LogP contribution in [0.3, 0.4) is 0 Å². The fourth-order valence-electron chi connectivity index (χ4n) is 6.68. The number of halogens is 1. The van der Waals surface area contributed by atoms with E-state index in [1.54, 1.807) is 26.3 Å². The molecule has 1 aromatic heterocycles. The molecular weight excluding hydrogens is 684 g/mol. The number of amides is 4. The van der Waals surface area contributed by atoms with Gasteiger partial charge in [0.15, 0.2) is 5.67 Å². The van der Waals surface area contributed by atoms with E-state index in [4.69, 9.17) is 5.73 Å². The summed E-state index contributed by atoms with van der Waals surface area (Å²) in [6.45, 7) is 8.40. The van der Waals surface area contributed by atoms with Gasteiger partial charge in [-0.3, -0.25) is 19.2 Å². The number of carbonyl (C=O) groups excluding carboxylic acids is 4. The number of aliphatic hydroxyl groups is 1. The molecule has 52 heavy (non-hydrogen) atoms. The zero-order valence-corrected chi connectivity index (χ0v) is 32.2. The van der Waals surface area contributed by atoms with Crippen molar-refractivity contribution in [3.05, 3.63) is 41.0 Å². The second-order valence-electron chi connectivity index (χ2n) is 15.6. The van der Waals surface area contributed by atoms with E-state index < -0.39 is 53.0 Å². The minimum absolute atomic E-state index is 0.00829. The van der Waals surface area contributed by atoms with E-state index in [0.717, 1.165) is 53.9 Å². The average molecular weight is 743 g/mol. The monoisotopic (exact) mass is 742 g/mol. The molecule has 2 aliphatic rings. The lowest BCUT2D eigenvalue weighted by atomic mass is 9.85. The molecule has 4 rings (SSSR count). The second-order valence-corrected chi connectivity index (χ2v) is 16.5. The smallest absolute Gasteiger partial charge is 0.258 e. The fraction of sp³-hybridized carbons (Fsp3) is 0.667. The first-order chi connectivity index (χ1) is 24.7. The van der Waals surface area contributed by atoms with Gasteiger partial charge in [0.1, 0.15) is 12.1 Å². The summed E-state index contributed by atoms with van der Waals surface area (Å²) in [5.74, 6) is -2.12. The third kappa shape index (κ3) is 11.8. The number of thiazole rings is 1. The summed E-state index contributed by atoms with van der Waals surface area (Å²) < 4.78 is 14.6. The molecule has 4 atom stereocenters. The van der Waals surface area contributed by atoms with Crippen molar-refractivity contribution >= 4 is 35.0 Å². The minimum atomic E-state index is -1.97. The Morgan fingerprint density at radius 2 is 1.62 bits per heavy atom. The zero-order chi connectivity index (χ0) is 37.9. The van der Waals surface area contributed by atoms with E-state index >= 15 is 0 Å². The van der Waals surface area contributed by atoms with Crippen LogP contribution >= 0.6 is 11.3 Å². The summed E-state index contributed by atoms with van der Waals surface area (Å²) in [4.78, 5) is 60.5. The molecule has 11 nitrogen and oxygen atoms in total. The highest BCUT2D eigenvalue weighted by atomic mass is 32.1. The number of aryl methyl sites for hydroxylation is 1. The molecule has 1 saturated heterocycles. The third-order valence-corrected chi connectivity index (χ3v) is 11.1. The van der Waals surface area contributed by atoms with Crippen molar-refractivity contribution < 1.29 is 28.7 Å². The maximum atomic E-state index is 14.6. The molecule has 1 aliphatic carbocycles. The van der Waals surface area contributed by atoms with Crippen molar-refractivity contribution in [1.29, 1.82) is 0 Å². The SMILES string of the molecule is Cc1ncsc1-c1ccc([C@H](CC(=O)NCCCCCCCCCCCN)NC(=O)[C@@H]2C[C@@H](O)CN2C(=O)C(NC(=O)C2(F)CC2)C(C)(C)C)cc1. The predicted molar refractivity (Wildman–Crippen MR) is 202 cm³/mol. The van der Waals surface area contributed by atoms with Gasteiger partial charge in [0.05, 0.1) is 34.6 Å². The highest BCUT2D eigenvalue weighted by Crippen LogP contribution is 2.40. The number of nitrogens with one attached hydrogen (secondary N) is 3. The first kappa shape index (κ1) is 41.3. The van der Waals surface area contributed by atoms with Crippen LogP contribution in [0.1, 0.15) is 122 Å². The van der Waals surface area contributed by atoms with Gasteiger partial charge >= 0.3 is 0 Å². The molecule has 2 heterocycles. The third-order valence-electron chi connectivity index (χ3n) is 10.1. The van der Waals surface area contributed by atoms with Crippen LogP contribution in [-0.4, -0.2) is 82.1 Å². The number of unbranched alkanes of at least 4 members (excludes halogenated alkanes) is 8. The van der Waals surface area contributed by atoms with Gasteiger partial charge in [0, 0.05) is 19.5 Å². The highest BCUT2D eigenvalue weighted by Gasteiger charge is 2.53. The van der Waals surface area contributed by atoms with E-state index in [0.29, 0.717) is 6.54 Å². The van der Waals surface area contributed by atoms with Crippen LogP contribution in [-0.2, 0) is 19.2 Å². The number of likely N-dealkylation sites (tertiary alicyclic amines) is 1. The Morgan fingerprint density at radius 3 is 2.17 bits per heavy atom. The van der Waals surface area contributed by atoms with Gasteiger partial charge in [0.2, 0.25) is 17.7 Å². The molecule has 288 valence electrons. The van der Waals surface area contributed by atoms with Crippen molar-refractivity contribution in [2.24, 2.45) is 11.1 Å². The van der Waals surface area contributed by atoms with E-state index in [9.17, 15) is 28.7 Å². The Kier molecular flexibility index (Phi) is 15.2. The topological polar surface area (TPSA) is 167 Å². The van der Waals surface area contributed by atoms with Crippen LogP contribution in [0.15, 0.2) is 29.8 Å². The lowest BCUT2D eigenvalue weighted by Gasteiger charge is -2.36. The molecule has 0 spiro atoms. The van der Waals surface area contributed by atoms with Crippen LogP contribution < -0.4 is 21.7 Å². The number of rotatable bonds is 20. The first-order valence-corrected chi connectivity index (χ1v) is 19.9. The molecule has 1 saturated carbocycles. The van der Waals surface area contributed by atoms with Crippen LogP contribution in [0.4, 0.5) is 4.39 Å². The number of β-amino-alcohol motifs (C(OH)–C–C–N with tert-alkyl or cyclic N) is 1. The molecule has 1 aliphatic heterocycles. The highest BCUT2D eigenvalue weighted by molar-refractivity contribution is 7.13. The standard InChI is InChI=1S/C39H59FN6O5S/c1-26-33(52-25-43-26)28-16-14-27(15-17-28)30(23-32(48)42-21-13-11-9-7-5-6-8-10-12-20-41)44-35(49)31-22-29(47)24-46(31)36(50)34(38(2,3)4)45-37(51)39(40)18-19-39/h14-17,25,29-31,34,47H,5-13,18-24,41H2,1-4H3,(H,42,48)(H,44,49)(H,45,51)/t29-,30+,31+,34?/m1/s1. The summed E-state index contributed by atoms with van der Waals surface area (Å²) in [5.41, 5.74) is 7.18. The maximum absolute atomic E-state index is 14.6. The van der Waals surface area contributed by atoms with E-state index in [2.05, 4.69) is 20.9 Å². The molecule has 6 N–H and O–H groups in total. The Balaban J connectivity index is 1.41. The molecule has 0 bridgehead atoms. The zero-order valence-electron chi connectivity index (χ0n) is 31.3. The van der Waals surface area contributed by atoms with Crippen molar-refractivity contribution in [3.63, 3.8) is 0 Å². The summed E-state index contributed by atoms with van der Waals surface area (Å²) in [6.07, 6.45) is 9.36. The molecule has 1 unspecified atom stereocenters. The van der Waals surface area contributed by atoms with Gasteiger partial charge in [-0.25, -0.2) is 9.37 Å². The molecule has 0 radical (unpaired) electrons. The number of nitrogens with zero attached hydrogens (tertiary/aromatic N) is 2. The molecule has 13 heteroatoms. The largest absolute Gasteiger partial charge is 0.391 e. The minimum Gasteiger partial charge on any atom is -0.391 e. The number of alkyl halides is 1. The van der Waals surface area contributed by atoms with Crippen molar-refractivity contribution in [3.8, 4) is 10.4 Å². The van der Waals surface area contributed by atoms with E-state index in [1.165, 1.54) is 48.3 Å². The van der Waals surface area contributed by atoms with Crippen molar-refractivity contribution in [2.45, 2.75) is 141 Å². The lowest BCUT2D eigenvalue weighted by molar-refractivity contribution is -0.145. The number of carbonyl (C=O) groups is 4. The number of hydrogen-bond donors (Lipinski definition) is 5. The number of hydrogen-bond acceptors (Lipinski definition) is 8. The molecule has 4 amide bonds. The van der Waals surface area contributed by atoms with Crippen LogP contribution in [0.5, 0.6) is 0 Å². The quantitative estimate of drug-likeness (QED) is 0.116. The van der Waals surface area contributed by atoms with Crippen molar-refractivity contribution in [1.82, 2.24) is 25.8 Å². The Labute approximate surface area is 312 Å². The van der Waals surface area contributed by atoms with Crippen molar-refractivity contribution in [2.75, 3.05) is 19.6 Å². The van der Waals surface area contributed by atoms with E-state index in [1.807, 2.05) is 31.2 Å². The van der Waals surface area contributed by atoms with Crippen LogP contribution in [0, 0.1) is 12.3 Å². The Bertz CT molecular complexity index is 1490. The van der Waals surface area contributed by atoms with Gasteiger partial charge in [-0.05, 0) is 55.7 Å². The van der Waals surface area contributed by atoms with Gasteiger partial charge in [-0.1, -0.05) is 90.0 Å². The molecular formula is C39H59FN6O5S. The van der Waals surface area contributed by atoms with Crippen LogP contribution in [0.2, 0.25) is 0 Å². The number of aromatic nitrogens is 1. The summed E-state index contributed by atoms with van der Waals surface area (Å²) >= 11 is 1.53. The van der Waals surface area contributed by atoms with Gasteiger partial charge in [-0.15, -0.1) is 11.3 Å². The predicted octanol–water partition coefficient (Wildman–Crippen LogP) is 5.25. The van der Waals surface area contributed by atoms with Crippen LogP contribution in [0.25, 0.3) is 10.4 Å². The maximum Gasteiger partial charge on any atom is 0.258 e. The lowest BCUT2D eigenvalue weighted by Crippen LogP contribution is -2.59. The second kappa shape index (κ2) is 19.1. The Morgan fingerprint density at radius 1 is 1.00 bits per heavy atom. The molecule has 2 fully saturated rings. The summed E-state index contributed by atoms with van der Waals surface area (Å²) in [7, 11) is 0. The summed E-state index contributed by atoms with van der Waals surface area (Å²) in [5, 5.41) is 19.3. The number of nitrogens with two attached hydrogens (primary N) is 1. The molecule has 1 aromatic carbocycles. The normalized spacial score (nSPS) is 19.2. The number of benzene rings is 1. The Hall–Kier alpha value is -3.42. The first-order valence-electron chi connectivity index (χ1n) is 19.0. The fourth-order valence-corrected chi connectivity index (χ4v) is 7.49. The van der Waals surface area contributed by atoms with Gasteiger partial charge in [0.25, 0.3) is 5.91 Å². The molecule has 2 aromatic rings. The number of aliphatic hydroxyl groups excluding tert-OH is 1. The van der Waals surface area contributed by atoms with E-state index in [-0.39, 0.29) is 38.1 Å².